The van der Waals surface area contributed by atoms with Gasteiger partial charge in [-0.2, -0.15) is 0 Å². The van der Waals surface area contributed by atoms with Crippen LogP contribution in [0.15, 0.2) is 150 Å². The molecule has 4 heteroatoms. The van der Waals surface area contributed by atoms with Crippen LogP contribution in [0.4, 0.5) is 0 Å². The minimum absolute atomic E-state index is 0.770. The predicted octanol–water partition coefficient (Wildman–Crippen LogP) is 6.76. The first kappa shape index (κ1) is 25.6. The van der Waals surface area contributed by atoms with Crippen LogP contribution in [-0.2, 0) is 0 Å². The van der Waals surface area contributed by atoms with E-state index >= 15 is 0 Å². The molecule has 0 saturated carbocycles. The van der Waals surface area contributed by atoms with E-state index in [2.05, 4.69) is 165 Å². The summed E-state index contributed by atoms with van der Waals surface area (Å²) in [6, 6.07) is 53.3. The monoisotopic (exact) mass is 533 g/mol. The van der Waals surface area contributed by atoms with Crippen LogP contribution in [-0.4, -0.2) is 8.24 Å². The summed E-state index contributed by atoms with van der Waals surface area (Å²) < 4.78 is 5.94. The van der Waals surface area contributed by atoms with Crippen LogP contribution in [0.1, 0.15) is 0 Å². The van der Waals surface area contributed by atoms with E-state index in [0.717, 1.165) is 0 Å². The number of rotatable bonds is 7. The second kappa shape index (κ2) is 11.2. The van der Waals surface area contributed by atoms with E-state index in [-0.39, 0.29) is 0 Å². The third-order valence-electron chi connectivity index (χ3n) is 6.21. The molecule has 0 aliphatic heterocycles. The van der Waals surface area contributed by atoms with Crippen molar-refractivity contribution in [3.63, 3.8) is 0 Å². The molecule has 0 saturated heterocycles. The van der Waals surface area contributed by atoms with E-state index in [1.807, 2.05) is 0 Å². The minimum Gasteiger partial charge on any atom is -0.325 e. The second-order valence-electron chi connectivity index (χ2n) is 10.1. The Labute approximate surface area is 224 Å². The van der Waals surface area contributed by atoms with E-state index < -0.39 is 23.2 Å². The molecule has 0 N–H and O–H groups in total. The number of hydrogen-bond acceptors (Lipinski definition) is 1. The molecule has 5 rings (SSSR count). The van der Waals surface area contributed by atoms with Gasteiger partial charge in [0.2, 0.25) is 0 Å². The van der Waals surface area contributed by atoms with Crippen molar-refractivity contribution in [2.75, 3.05) is 0 Å². The Morgan fingerprint density at radius 1 is 0.486 bits per heavy atom. The van der Waals surface area contributed by atoms with Gasteiger partial charge in [-0.1, -0.05) is 165 Å². The molecule has 0 aromatic heterocycles. The quantitative estimate of drug-likeness (QED) is 0.162. The topological polar surface area (TPSA) is 12.4 Å². The molecule has 0 fully saturated rings. The highest BCUT2D eigenvalue weighted by atomic mass is 31.2. The largest absolute Gasteiger partial charge is 0.325 e. The van der Waals surface area contributed by atoms with Gasteiger partial charge in [0.05, 0.1) is 0 Å². The van der Waals surface area contributed by atoms with Crippen LogP contribution in [0.3, 0.4) is 0 Å². The lowest BCUT2D eigenvalue weighted by Crippen LogP contribution is -2.38. The van der Waals surface area contributed by atoms with Crippen LogP contribution < -0.4 is 31.8 Å². The third kappa shape index (κ3) is 5.48. The average molecular weight is 534 g/mol. The lowest BCUT2D eigenvalue weighted by Gasteiger charge is -2.34. The van der Waals surface area contributed by atoms with Gasteiger partial charge >= 0.3 is 0 Å². The summed E-state index contributed by atoms with van der Waals surface area (Å²) in [5, 5.41) is 8.16. The maximum absolute atomic E-state index is 5.94. The van der Waals surface area contributed by atoms with Crippen molar-refractivity contribution >= 4 is 55.0 Å². The molecule has 0 atom stereocenters. The standard InChI is InChI=1S/C33H33NP2Si/c1-37(2,3)34-36(30-22-12-6-13-23-30,31-24-14-7-15-25-31)33-27-17-16-26-32(33)35(28-18-8-4-9-19-28)29-20-10-5-11-21-29/h4-27H,1-3H3. The van der Waals surface area contributed by atoms with E-state index in [9.17, 15) is 0 Å². The third-order valence-corrected chi connectivity index (χ3v) is 15.7. The average Bonchev–Trinajstić information content (AvgIpc) is 2.94. The smallest absolute Gasteiger partial charge is 0.171 e. The molecule has 0 heterocycles. The molecule has 5 aromatic rings. The number of nitrogens with zero attached hydrogens (tertiary/aromatic N) is 1. The summed E-state index contributed by atoms with van der Waals surface area (Å²) in [7, 11) is -4.95. The van der Waals surface area contributed by atoms with Crippen molar-refractivity contribution in [1.29, 1.82) is 0 Å². The molecular weight excluding hydrogens is 500 g/mol. The first-order valence-corrected chi connectivity index (χ1v) is 19.3. The highest BCUT2D eigenvalue weighted by molar-refractivity contribution is 7.90. The predicted molar refractivity (Wildman–Crippen MR) is 170 cm³/mol. The van der Waals surface area contributed by atoms with Gasteiger partial charge < -0.3 is 4.41 Å². The van der Waals surface area contributed by atoms with Crippen LogP contribution in [0.25, 0.3) is 0 Å². The molecule has 0 spiro atoms. The van der Waals surface area contributed by atoms with Crippen LogP contribution in [0.5, 0.6) is 0 Å². The highest BCUT2D eigenvalue weighted by Gasteiger charge is 2.34. The summed E-state index contributed by atoms with van der Waals surface area (Å²) in [6.07, 6.45) is 0. The summed E-state index contributed by atoms with van der Waals surface area (Å²) in [5.74, 6) is 0. The van der Waals surface area contributed by atoms with E-state index in [1.165, 1.54) is 31.8 Å². The van der Waals surface area contributed by atoms with Gasteiger partial charge in [-0.25, -0.2) is 0 Å². The Hall–Kier alpha value is -3.02. The van der Waals surface area contributed by atoms with E-state index in [4.69, 9.17) is 4.41 Å². The fourth-order valence-corrected chi connectivity index (χ4v) is 15.6. The van der Waals surface area contributed by atoms with Gasteiger partial charge in [-0.05, 0) is 34.4 Å². The van der Waals surface area contributed by atoms with Crippen molar-refractivity contribution in [3.8, 4) is 0 Å². The molecule has 0 unspecified atom stereocenters. The van der Waals surface area contributed by atoms with Gasteiger partial charge in [0.25, 0.3) is 0 Å². The lowest BCUT2D eigenvalue weighted by molar-refractivity contribution is 1.59. The molecule has 184 valence electrons. The van der Waals surface area contributed by atoms with E-state index in [0.29, 0.717) is 0 Å². The Kier molecular flexibility index (Phi) is 7.72. The van der Waals surface area contributed by atoms with Crippen molar-refractivity contribution in [2.24, 2.45) is 4.41 Å². The molecule has 0 radical (unpaired) electrons. The maximum Gasteiger partial charge on any atom is 0.171 e. The van der Waals surface area contributed by atoms with Crippen LogP contribution in [0.2, 0.25) is 19.6 Å². The Morgan fingerprint density at radius 3 is 1.30 bits per heavy atom. The normalized spacial score (nSPS) is 11.9. The van der Waals surface area contributed by atoms with Gasteiger partial charge in [-0.15, -0.1) is 0 Å². The summed E-state index contributed by atoms with van der Waals surface area (Å²) in [4.78, 5) is 0. The fourth-order valence-electron chi connectivity index (χ4n) is 4.84. The van der Waals surface area contributed by atoms with Crippen molar-refractivity contribution in [1.82, 2.24) is 0 Å². The highest BCUT2D eigenvalue weighted by Crippen LogP contribution is 2.49. The van der Waals surface area contributed by atoms with Crippen LogP contribution in [0, 0.1) is 0 Å². The zero-order valence-corrected chi connectivity index (χ0v) is 24.5. The molecule has 1 nitrogen and oxygen atoms in total. The molecular formula is C33H33NP2Si. The molecule has 5 aromatic carbocycles. The summed E-state index contributed by atoms with van der Waals surface area (Å²) in [6.45, 7) is 7.11. The molecule has 0 aliphatic carbocycles. The SMILES string of the molecule is C[Si](C)(C)N=P(c1ccccc1)(c1ccccc1)c1ccccc1P(c1ccccc1)c1ccccc1. The zero-order chi connectivity index (χ0) is 25.7. The van der Waals surface area contributed by atoms with Gasteiger partial charge in [-0.3, -0.25) is 0 Å². The zero-order valence-electron chi connectivity index (χ0n) is 21.7. The van der Waals surface area contributed by atoms with Crippen molar-refractivity contribution in [2.45, 2.75) is 19.6 Å². The molecule has 0 aliphatic rings. The fraction of sp³-hybridized carbons (Fsp3) is 0.0909. The van der Waals surface area contributed by atoms with Gasteiger partial charge in [0.1, 0.15) is 0 Å². The summed E-state index contributed by atoms with van der Waals surface area (Å²) in [5.41, 5.74) is 0. The summed E-state index contributed by atoms with van der Waals surface area (Å²) >= 11 is 0. The van der Waals surface area contributed by atoms with E-state index in [1.54, 1.807) is 0 Å². The second-order valence-corrected chi connectivity index (χ2v) is 20.2. The first-order chi connectivity index (χ1) is 18.0. The van der Waals surface area contributed by atoms with Crippen LogP contribution >= 0.6 is 15.0 Å². The van der Waals surface area contributed by atoms with Gasteiger partial charge in [0, 0.05) is 12.4 Å². The minimum atomic E-state index is -2.30. The lowest BCUT2D eigenvalue weighted by atomic mass is 10.3. The Balaban J connectivity index is 1.92. The maximum atomic E-state index is 5.94. The van der Waals surface area contributed by atoms with Crippen molar-refractivity contribution in [3.05, 3.63) is 146 Å². The Morgan fingerprint density at radius 2 is 0.865 bits per heavy atom. The van der Waals surface area contributed by atoms with Gasteiger partial charge in [0.15, 0.2) is 8.24 Å². The first-order valence-electron chi connectivity index (χ1n) is 12.7. The Bertz CT molecular complexity index is 1410. The molecule has 37 heavy (non-hydrogen) atoms. The molecule has 0 amide bonds. The number of hydrogen-bond donors (Lipinski definition) is 0. The van der Waals surface area contributed by atoms with Crippen molar-refractivity contribution < 1.29 is 0 Å². The number of benzene rings is 5. The molecule has 0 bridgehead atoms.